The summed E-state index contributed by atoms with van der Waals surface area (Å²) in [6, 6.07) is 2.13. The average Bonchev–Trinajstić information content (AvgIpc) is 2.38. The second kappa shape index (κ2) is 6.74. The zero-order valence-electron chi connectivity index (χ0n) is 11.3. The highest BCUT2D eigenvalue weighted by Gasteiger charge is 2.20. The van der Waals surface area contributed by atoms with Crippen molar-refractivity contribution in [3.8, 4) is 5.75 Å². The summed E-state index contributed by atoms with van der Waals surface area (Å²) >= 11 is 0. The van der Waals surface area contributed by atoms with Crippen molar-refractivity contribution in [2.24, 2.45) is 11.7 Å². The Hall–Kier alpha value is -1.09. The van der Waals surface area contributed by atoms with Crippen molar-refractivity contribution in [1.82, 2.24) is 4.98 Å². The third-order valence-electron chi connectivity index (χ3n) is 4.01. The molecule has 0 radical (unpaired) electrons. The Labute approximate surface area is 110 Å². The van der Waals surface area contributed by atoms with Gasteiger partial charge in [-0.05, 0) is 30.4 Å². The van der Waals surface area contributed by atoms with E-state index in [9.17, 15) is 0 Å². The van der Waals surface area contributed by atoms with Crippen molar-refractivity contribution in [1.29, 1.82) is 0 Å². The van der Waals surface area contributed by atoms with Gasteiger partial charge in [-0.15, -0.1) is 0 Å². The number of methoxy groups -OCH3 is 1. The fourth-order valence-electron chi connectivity index (χ4n) is 2.85. The molecule has 100 valence electrons. The van der Waals surface area contributed by atoms with Gasteiger partial charge in [0.2, 0.25) is 0 Å². The molecule has 1 saturated carbocycles. The molecule has 1 aliphatic carbocycles. The Morgan fingerprint density at radius 2 is 1.83 bits per heavy atom. The Kier molecular flexibility index (Phi) is 5.00. The minimum Gasteiger partial charge on any atom is -0.495 e. The van der Waals surface area contributed by atoms with E-state index in [1.54, 1.807) is 13.3 Å². The summed E-state index contributed by atoms with van der Waals surface area (Å²) in [5.41, 5.74) is 7.53. The summed E-state index contributed by atoms with van der Waals surface area (Å²) in [6.45, 7) is 0. The van der Waals surface area contributed by atoms with Crippen LogP contribution in [0.5, 0.6) is 5.75 Å². The first-order valence-electron chi connectivity index (χ1n) is 7.06. The van der Waals surface area contributed by atoms with Gasteiger partial charge in [-0.25, -0.2) is 0 Å². The van der Waals surface area contributed by atoms with Gasteiger partial charge in [-0.1, -0.05) is 32.1 Å². The first-order valence-corrected chi connectivity index (χ1v) is 7.06. The summed E-state index contributed by atoms with van der Waals surface area (Å²) in [6.07, 6.45) is 12.9. The maximum atomic E-state index is 6.42. The van der Waals surface area contributed by atoms with Crippen molar-refractivity contribution in [2.75, 3.05) is 7.11 Å². The number of nitrogens with two attached hydrogens (primary N) is 1. The van der Waals surface area contributed by atoms with Crippen LogP contribution in [0.25, 0.3) is 0 Å². The van der Waals surface area contributed by atoms with Gasteiger partial charge in [0, 0.05) is 12.2 Å². The van der Waals surface area contributed by atoms with Crippen molar-refractivity contribution < 1.29 is 4.74 Å². The van der Waals surface area contributed by atoms with Crippen LogP contribution in [-0.2, 0) is 0 Å². The van der Waals surface area contributed by atoms with Gasteiger partial charge in [-0.3, -0.25) is 4.98 Å². The van der Waals surface area contributed by atoms with E-state index in [1.165, 1.54) is 44.9 Å². The number of ether oxygens (including phenoxy) is 1. The van der Waals surface area contributed by atoms with Gasteiger partial charge in [0.15, 0.2) is 0 Å². The molecule has 1 aliphatic rings. The van der Waals surface area contributed by atoms with Crippen LogP contribution in [0.15, 0.2) is 18.5 Å². The van der Waals surface area contributed by atoms with Crippen LogP contribution in [0, 0.1) is 5.92 Å². The molecule has 2 rings (SSSR count). The van der Waals surface area contributed by atoms with Crippen molar-refractivity contribution >= 4 is 0 Å². The smallest absolute Gasteiger partial charge is 0.137 e. The van der Waals surface area contributed by atoms with Crippen LogP contribution in [-0.4, -0.2) is 12.1 Å². The molecule has 3 heteroatoms. The predicted molar refractivity (Wildman–Crippen MR) is 73.5 cm³/mol. The zero-order valence-corrected chi connectivity index (χ0v) is 11.3. The average molecular weight is 248 g/mol. The Bertz CT molecular complexity index is 359. The SMILES string of the molecule is COc1cncc(C(N)C2CCCCCCC2)c1. The monoisotopic (exact) mass is 248 g/mol. The van der Waals surface area contributed by atoms with Crippen LogP contribution in [0.1, 0.15) is 56.6 Å². The van der Waals surface area contributed by atoms with E-state index in [-0.39, 0.29) is 6.04 Å². The van der Waals surface area contributed by atoms with Gasteiger partial charge in [0.05, 0.1) is 13.3 Å². The fourth-order valence-corrected chi connectivity index (χ4v) is 2.85. The molecule has 1 fully saturated rings. The summed E-state index contributed by atoms with van der Waals surface area (Å²) in [5.74, 6) is 1.40. The molecule has 2 N–H and O–H groups in total. The van der Waals surface area contributed by atoms with Gasteiger partial charge >= 0.3 is 0 Å². The molecule has 0 bridgehead atoms. The van der Waals surface area contributed by atoms with E-state index < -0.39 is 0 Å². The molecule has 1 heterocycles. The van der Waals surface area contributed by atoms with E-state index in [0.717, 1.165) is 11.3 Å². The van der Waals surface area contributed by atoms with Crippen LogP contribution < -0.4 is 10.5 Å². The lowest BCUT2D eigenvalue weighted by atomic mass is 9.84. The fraction of sp³-hybridized carbons (Fsp3) is 0.667. The van der Waals surface area contributed by atoms with Gasteiger partial charge in [-0.2, -0.15) is 0 Å². The second-order valence-corrected chi connectivity index (χ2v) is 5.29. The number of aromatic nitrogens is 1. The molecule has 0 aromatic carbocycles. The standard InChI is InChI=1S/C15H24N2O/c1-18-14-9-13(10-17-11-14)15(16)12-7-5-3-2-4-6-8-12/h9-12,15H,2-8,16H2,1H3. The Balaban J connectivity index is 2.05. The topological polar surface area (TPSA) is 48.1 Å². The largest absolute Gasteiger partial charge is 0.495 e. The normalized spacial score (nSPS) is 19.9. The highest BCUT2D eigenvalue weighted by atomic mass is 16.5. The number of hydrogen-bond donors (Lipinski definition) is 1. The van der Waals surface area contributed by atoms with E-state index in [1.807, 2.05) is 12.3 Å². The van der Waals surface area contributed by atoms with E-state index in [2.05, 4.69) is 4.98 Å². The third kappa shape index (κ3) is 3.45. The number of hydrogen-bond acceptors (Lipinski definition) is 3. The maximum Gasteiger partial charge on any atom is 0.137 e. The quantitative estimate of drug-likeness (QED) is 0.891. The molecule has 3 nitrogen and oxygen atoms in total. The Morgan fingerprint density at radius 3 is 2.50 bits per heavy atom. The molecular formula is C15H24N2O. The van der Waals surface area contributed by atoms with Gasteiger partial charge in [0.1, 0.15) is 5.75 Å². The summed E-state index contributed by atoms with van der Waals surface area (Å²) < 4.78 is 5.22. The molecule has 0 aliphatic heterocycles. The third-order valence-corrected chi connectivity index (χ3v) is 4.01. The predicted octanol–water partition coefficient (Wildman–Crippen LogP) is 3.45. The van der Waals surface area contributed by atoms with Crippen molar-refractivity contribution in [2.45, 2.75) is 51.0 Å². The molecule has 0 saturated heterocycles. The lowest BCUT2D eigenvalue weighted by Gasteiger charge is -2.26. The summed E-state index contributed by atoms with van der Waals surface area (Å²) in [4.78, 5) is 4.21. The molecule has 1 aromatic heterocycles. The highest BCUT2D eigenvalue weighted by Crippen LogP contribution is 2.31. The van der Waals surface area contributed by atoms with Gasteiger partial charge in [0.25, 0.3) is 0 Å². The lowest BCUT2D eigenvalue weighted by molar-refractivity contribution is 0.326. The van der Waals surface area contributed by atoms with Crippen LogP contribution >= 0.6 is 0 Å². The number of pyridine rings is 1. The maximum absolute atomic E-state index is 6.42. The van der Waals surface area contributed by atoms with Crippen LogP contribution in [0.3, 0.4) is 0 Å². The molecule has 0 spiro atoms. The molecule has 0 amide bonds. The highest BCUT2D eigenvalue weighted by molar-refractivity contribution is 5.26. The second-order valence-electron chi connectivity index (χ2n) is 5.29. The number of nitrogens with zero attached hydrogens (tertiary/aromatic N) is 1. The first-order chi connectivity index (χ1) is 8.81. The molecule has 1 unspecified atom stereocenters. The molecule has 1 aromatic rings. The molecular weight excluding hydrogens is 224 g/mol. The summed E-state index contributed by atoms with van der Waals surface area (Å²) in [7, 11) is 1.67. The van der Waals surface area contributed by atoms with Crippen molar-refractivity contribution in [3.63, 3.8) is 0 Å². The summed E-state index contributed by atoms with van der Waals surface area (Å²) in [5, 5.41) is 0. The van der Waals surface area contributed by atoms with Crippen molar-refractivity contribution in [3.05, 3.63) is 24.0 Å². The number of rotatable bonds is 3. The first kappa shape index (κ1) is 13.3. The van der Waals surface area contributed by atoms with Crippen LogP contribution in [0.2, 0.25) is 0 Å². The van der Waals surface area contributed by atoms with Crippen LogP contribution in [0.4, 0.5) is 0 Å². The zero-order chi connectivity index (χ0) is 12.8. The van der Waals surface area contributed by atoms with E-state index >= 15 is 0 Å². The Morgan fingerprint density at radius 1 is 1.17 bits per heavy atom. The molecule has 1 atom stereocenters. The van der Waals surface area contributed by atoms with E-state index in [0.29, 0.717) is 5.92 Å². The minimum absolute atomic E-state index is 0.102. The van der Waals surface area contributed by atoms with Gasteiger partial charge < -0.3 is 10.5 Å². The lowest BCUT2D eigenvalue weighted by Crippen LogP contribution is -2.22. The van der Waals surface area contributed by atoms with E-state index in [4.69, 9.17) is 10.5 Å². The molecule has 18 heavy (non-hydrogen) atoms. The minimum atomic E-state index is 0.102.